The molecule has 0 saturated carbocycles. The molecule has 0 aromatic heterocycles. The molecular formula is C17H19NO2. The molecule has 0 aliphatic carbocycles. The maximum absolute atomic E-state index is 12.1. The van der Waals surface area contributed by atoms with Gasteiger partial charge < -0.3 is 9.64 Å². The first-order valence-corrected chi connectivity index (χ1v) is 6.67. The molecule has 3 heteroatoms. The van der Waals surface area contributed by atoms with Crippen LogP contribution in [-0.4, -0.2) is 26.7 Å². The van der Waals surface area contributed by atoms with E-state index in [0.29, 0.717) is 12.2 Å². The van der Waals surface area contributed by atoms with Crippen molar-refractivity contribution < 1.29 is 9.53 Å². The molecule has 0 saturated heterocycles. The van der Waals surface area contributed by atoms with Gasteiger partial charge in [-0.2, -0.15) is 0 Å². The molecule has 0 aliphatic heterocycles. The fraction of sp³-hybridized carbons (Fsp3) is 0.235. The van der Waals surface area contributed by atoms with Gasteiger partial charge in [0.25, 0.3) is 0 Å². The van der Waals surface area contributed by atoms with E-state index in [2.05, 4.69) is 0 Å². The number of anilines is 1. The molecule has 2 aromatic carbocycles. The fourth-order valence-electron chi connectivity index (χ4n) is 2.11. The van der Waals surface area contributed by atoms with Crippen molar-refractivity contribution in [3.8, 4) is 11.1 Å². The Balaban J connectivity index is 2.48. The molecule has 0 atom stereocenters. The Morgan fingerprint density at radius 2 is 1.75 bits per heavy atom. The molecule has 3 nitrogen and oxygen atoms in total. The molecule has 0 spiro atoms. The second-order valence-electron chi connectivity index (χ2n) is 4.71. The predicted molar refractivity (Wildman–Crippen MR) is 82.2 cm³/mol. The van der Waals surface area contributed by atoms with Crippen molar-refractivity contribution in [2.45, 2.75) is 6.92 Å². The van der Waals surface area contributed by atoms with Crippen molar-refractivity contribution >= 4 is 11.7 Å². The highest BCUT2D eigenvalue weighted by molar-refractivity contribution is 5.97. The lowest BCUT2D eigenvalue weighted by Gasteiger charge is -2.17. The minimum atomic E-state index is -0.283. The van der Waals surface area contributed by atoms with Gasteiger partial charge in [-0.05, 0) is 30.2 Å². The van der Waals surface area contributed by atoms with Gasteiger partial charge in [-0.3, -0.25) is 0 Å². The topological polar surface area (TPSA) is 29.5 Å². The van der Waals surface area contributed by atoms with E-state index in [1.807, 2.05) is 74.4 Å². The third kappa shape index (κ3) is 2.99. The first-order valence-electron chi connectivity index (χ1n) is 6.67. The second kappa shape index (κ2) is 6.24. The Hall–Kier alpha value is -2.29. The number of nitrogens with zero attached hydrogens (tertiary/aromatic N) is 1. The largest absolute Gasteiger partial charge is 0.462 e. The van der Waals surface area contributed by atoms with Gasteiger partial charge >= 0.3 is 5.97 Å². The highest BCUT2D eigenvalue weighted by atomic mass is 16.5. The lowest BCUT2D eigenvalue weighted by molar-refractivity contribution is 0.0527. The second-order valence-corrected chi connectivity index (χ2v) is 4.71. The first-order chi connectivity index (χ1) is 9.63. The van der Waals surface area contributed by atoms with Crippen LogP contribution < -0.4 is 4.90 Å². The van der Waals surface area contributed by atoms with Crippen LogP contribution >= 0.6 is 0 Å². The number of hydrogen-bond acceptors (Lipinski definition) is 3. The molecular weight excluding hydrogens is 250 g/mol. The quantitative estimate of drug-likeness (QED) is 0.794. The van der Waals surface area contributed by atoms with Crippen LogP contribution in [-0.2, 0) is 4.74 Å². The molecule has 0 fully saturated rings. The average Bonchev–Trinajstić information content (AvgIpc) is 2.47. The number of ether oxygens (including phenoxy) is 1. The summed E-state index contributed by atoms with van der Waals surface area (Å²) in [6.07, 6.45) is 0. The lowest BCUT2D eigenvalue weighted by Crippen LogP contribution is -2.15. The summed E-state index contributed by atoms with van der Waals surface area (Å²) in [5.74, 6) is -0.283. The summed E-state index contributed by atoms with van der Waals surface area (Å²) in [5.41, 5.74) is 3.56. The maximum Gasteiger partial charge on any atom is 0.340 e. The highest BCUT2D eigenvalue weighted by Crippen LogP contribution is 2.27. The Labute approximate surface area is 119 Å². The van der Waals surface area contributed by atoms with Gasteiger partial charge in [0.2, 0.25) is 0 Å². The zero-order valence-electron chi connectivity index (χ0n) is 12.1. The summed E-state index contributed by atoms with van der Waals surface area (Å²) in [5, 5.41) is 0. The third-order valence-electron chi connectivity index (χ3n) is 3.08. The van der Waals surface area contributed by atoms with E-state index in [4.69, 9.17) is 4.74 Å². The molecule has 0 unspecified atom stereocenters. The SMILES string of the molecule is CCOC(=O)c1cc(-c2ccccc2)ccc1N(C)C. The van der Waals surface area contributed by atoms with Gasteiger partial charge in [-0.25, -0.2) is 4.79 Å². The smallest absolute Gasteiger partial charge is 0.340 e. The van der Waals surface area contributed by atoms with E-state index in [-0.39, 0.29) is 5.97 Å². The molecule has 0 amide bonds. The fourth-order valence-corrected chi connectivity index (χ4v) is 2.11. The molecule has 2 rings (SSSR count). The van der Waals surface area contributed by atoms with E-state index in [9.17, 15) is 4.79 Å². The predicted octanol–water partition coefficient (Wildman–Crippen LogP) is 3.60. The zero-order chi connectivity index (χ0) is 14.5. The van der Waals surface area contributed by atoms with Crippen LogP contribution in [0.1, 0.15) is 17.3 Å². The summed E-state index contributed by atoms with van der Waals surface area (Å²) in [6.45, 7) is 2.19. The van der Waals surface area contributed by atoms with Crippen molar-refractivity contribution in [1.29, 1.82) is 0 Å². The van der Waals surface area contributed by atoms with E-state index in [1.54, 1.807) is 0 Å². The number of hydrogen-bond donors (Lipinski definition) is 0. The number of carbonyl (C=O) groups is 1. The standard InChI is InChI=1S/C17H19NO2/c1-4-20-17(19)15-12-14(10-11-16(15)18(2)3)13-8-6-5-7-9-13/h5-12H,4H2,1-3H3. The van der Waals surface area contributed by atoms with Crippen LogP contribution in [0.15, 0.2) is 48.5 Å². The third-order valence-corrected chi connectivity index (χ3v) is 3.08. The van der Waals surface area contributed by atoms with Crippen LogP contribution in [0.3, 0.4) is 0 Å². The summed E-state index contributed by atoms with van der Waals surface area (Å²) in [6, 6.07) is 15.9. The maximum atomic E-state index is 12.1. The Kier molecular flexibility index (Phi) is 4.41. The van der Waals surface area contributed by atoms with Gasteiger partial charge in [0.1, 0.15) is 0 Å². The van der Waals surface area contributed by atoms with Crippen LogP contribution in [0, 0.1) is 0 Å². The van der Waals surface area contributed by atoms with E-state index < -0.39 is 0 Å². The Morgan fingerprint density at radius 1 is 1.05 bits per heavy atom. The summed E-state index contributed by atoms with van der Waals surface area (Å²) in [4.78, 5) is 14.0. The van der Waals surface area contributed by atoms with Gasteiger partial charge in [0.15, 0.2) is 0 Å². The summed E-state index contributed by atoms with van der Waals surface area (Å²) >= 11 is 0. The molecule has 104 valence electrons. The van der Waals surface area contributed by atoms with Crippen LogP contribution in [0.2, 0.25) is 0 Å². The number of benzene rings is 2. The Morgan fingerprint density at radius 3 is 2.35 bits per heavy atom. The molecule has 0 N–H and O–H groups in total. The first kappa shape index (κ1) is 14.1. The number of rotatable bonds is 4. The van der Waals surface area contributed by atoms with Crippen molar-refractivity contribution in [2.75, 3.05) is 25.6 Å². The summed E-state index contributed by atoms with van der Waals surface area (Å²) in [7, 11) is 3.83. The van der Waals surface area contributed by atoms with Gasteiger partial charge in [-0.1, -0.05) is 36.4 Å². The molecule has 0 aliphatic rings. The molecule has 2 aromatic rings. The Bertz CT molecular complexity index is 591. The van der Waals surface area contributed by atoms with E-state index in [1.165, 1.54) is 0 Å². The number of carbonyl (C=O) groups excluding carboxylic acids is 1. The van der Waals surface area contributed by atoms with E-state index >= 15 is 0 Å². The zero-order valence-corrected chi connectivity index (χ0v) is 12.1. The molecule has 0 bridgehead atoms. The van der Waals surface area contributed by atoms with E-state index in [0.717, 1.165) is 16.8 Å². The number of esters is 1. The van der Waals surface area contributed by atoms with Crippen molar-refractivity contribution in [2.24, 2.45) is 0 Å². The molecule has 20 heavy (non-hydrogen) atoms. The van der Waals surface area contributed by atoms with Crippen LogP contribution in [0.5, 0.6) is 0 Å². The molecule has 0 radical (unpaired) electrons. The monoisotopic (exact) mass is 269 g/mol. The minimum absolute atomic E-state index is 0.283. The van der Waals surface area contributed by atoms with Crippen molar-refractivity contribution in [3.05, 3.63) is 54.1 Å². The average molecular weight is 269 g/mol. The van der Waals surface area contributed by atoms with Crippen molar-refractivity contribution in [3.63, 3.8) is 0 Å². The van der Waals surface area contributed by atoms with Gasteiger partial charge in [0, 0.05) is 14.1 Å². The normalized spacial score (nSPS) is 10.2. The highest BCUT2D eigenvalue weighted by Gasteiger charge is 2.15. The minimum Gasteiger partial charge on any atom is -0.462 e. The lowest BCUT2D eigenvalue weighted by atomic mass is 10.0. The van der Waals surface area contributed by atoms with Crippen LogP contribution in [0.25, 0.3) is 11.1 Å². The van der Waals surface area contributed by atoms with Gasteiger partial charge in [0.05, 0.1) is 17.9 Å². The van der Waals surface area contributed by atoms with Gasteiger partial charge in [-0.15, -0.1) is 0 Å². The van der Waals surface area contributed by atoms with Crippen LogP contribution in [0.4, 0.5) is 5.69 Å². The molecule has 0 heterocycles. The summed E-state index contributed by atoms with van der Waals surface area (Å²) < 4.78 is 5.14. The van der Waals surface area contributed by atoms with Crippen molar-refractivity contribution in [1.82, 2.24) is 0 Å².